The Morgan fingerprint density at radius 1 is 1.27 bits per heavy atom. The number of nitrogens with zero attached hydrogens (tertiary/aromatic N) is 1. The molecular weight excluding hydrogens is 166 g/mol. The Labute approximate surface area is 74.3 Å². The molecule has 0 N–H and O–H groups in total. The van der Waals surface area contributed by atoms with Crippen molar-refractivity contribution >= 4 is 16.1 Å². The van der Waals surface area contributed by atoms with Crippen LogP contribution in [-0.2, 0) is 0 Å². The molecule has 0 aliphatic heterocycles. The molecule has 1 unspecified atom stereocenters. The third-order valence-electron chi connectivity index (χ3n) is 3.31. The second kappa shape index (κ2) is 4.43. The number of hydrogen-bond acceptors (Lipinski definition) is 1. The molecule has 1 atom stereocenters. The molecule has 0 bridgehead atoms. The van der Waals surface area contributed by atoms with Crippen molar-refractivity contribution in [1.82, 2.24) is 4.57 Å². The van der Waals surface area contributed by atoms with E-state index < -0.39 is 16.1 Å². The Morgan fingerprint density at radius 2 is 1.73 bits per heavy atom. The van der Waals surface area contributed by atoms with Crippen LogP contribution in [0, 0.1) is 0 Å². The fourth-order valence-corrected chi connectivity index (χ4v) is 10.1. The first-order valence-electron chi connectivity index (χ1n) is 4.70. The molecule has 0 radical (unpaired) electrons. The minimum Gasteiger partial charge on any atom is -0.329 e. The molecule has 0 aromatic heterocycles. The van der Waals surface area contributed by atoms with E-state index in [-0.39, 0.29) is 0 Å². The van der Waals surface area contributed by atoms with Crippen molar-refractivity contribution in [3.8, 4) is 0 Å². The van der Waals surface area contributed by atoms with Gasteiger partial charge in [-0.05, 0) is 19.6 Å². The molecule has 0 fully saturated rings. The van der Waals surface area contributed by atoms with Crippen molar-refractivity contribution in [3.05, 3.63) is 0 Å². The lowest BCUT2D eigenvalue weighted by Gasteiger charge is -2.38. The van der Waals surface area contributed by atoms with Crippen LogP contribution < -0.4 is 0 Å². The summed E-state index contributed by atoms with van der Waals surface area (Å²) in [5.74, 6) is 0. The van der Waals surface area contributed by atoms with Gasteiger partial charge in [0.1, 0.15) is 7.75 Å². The largest absolute Gasteiger partial charge is 0.329 e. The second-order valence-corrected chi connectivity index (χ2v) is 17.6. The molecule has 0 saturated heterocycles. The minimum absolute atomic E-state index is 0.411. The fourth-order valence-electron chi connectivity index (χ4n) is 1.48. The quantitative estimate of drug-likeness (QED) is 0.612. The van der Waals surface area contributed by atoms with Gasteiger partial charge in [0.15, 0.2) is 0 Å². The van der Waals surface area contributed by atoms with Crippen LogP contribution in [0.1, 0.15) is 13.8 Å². The van der Waals surface area contributed by atoms with E-state index in [1.807, 2.05) is 0 Å². The average molecular weight is 189 g/mol. The smallest absolute Gasteiger partial charge is 0.110 e. The molecule has 0 aliphatic rings. The first-order chi connectivity index (χ1) is 4.99. The number of rotatable bonds is 4. The summed E-state index contributed by atoms with van der Waals surface area (Å²) in [5, 5.41) is 0. The van der Waals surface area contributed by atoms with Crippen LogP contribution in [0.25, 0.3) is 0 Å². The van der Waals surface area contributed by atoms with Crippen LogP contribution in [0.5, 0.6) is 0 Å². The van der Waals surface area contributed by atoms with E-state index in [1.54, 1.807) is 0 Å². The molecule has 1 nitrogen and oxygen atoms in total. The maximum absolute atomic E-state index is 2.64. The van der Waals surface area contributed by atoms with Gasteiger partial charge < -0.3 is 4.57 Å². The molecule has 0 aliphatic carbocycles. The van der Waals surface area contributed by atoms with Crippen LogP contribution >= 0.6 is 0 Å². The van der Waals surface area contributed by atoms with Crippen LogP contribution in [0.4, 0.5) is 0 Å². The van der Waals surface area contributed by atoms with E-state index in [2.05, 4.69) is 45.1 Å². The summed E-state index contributed by atoms with van der Waals surface area (Å²) in [4.78, 5) is 0. The Balaban J connectivity index is 4.32. The zero-order valence-electron chi connectivity index (χ0n) is 8.94. The Hall–Kier alpha value is 0.394. The minimum atomic E-state index is -0.932. The molecular formula is C8H23NSi2. The molecule has 0 aromatic rings. The molecule has 0 spiro atoms. The SMILES string of the molecule is CCN(C)[Si](C)(CC)[SiH](C)C. The summed E-state index contributed by atoms with van der Waals surface area (Å²) >= 11 is 0. The zero-order chi connectivity index (χ0) is 9.07. The van der Waals surface area contributed by atoms with Crippen LogP contribution in [0.2, 0.25) is 25.7 Å². The summed E-state index contributed by atoms with van der Waals surface area (Å²) in [6.07, 6.45) is 0. The van der Waals surface area contributed by atoms with Gasteiger partial charge in [-0.3, -0.25) is 0 Å². The van der Waals surface area contributed by atoms with Gasteiger partial charge in [-0.25, -0.2) is 0 Å². The lowest BCUT2D eigenvalue weighted by Crippen LogP contribution is -2.57. The van der Waals surface area contributed by atoms with Crippen molar-refractivity contribution in [2.45, 2.75) is 39.5 Å². The summed E-state index contributed by atoms with van der Waals surface area (Å²) in [6.45, 7) is 13.4. The molecule has 11 heavy (non-hydrogen) atoms. The highest BCUT2D eigenvalue weighted by molar-refractivity contribution is 7.30. The standard InChI is InChI=1S/C8H23NSi2/c1-7-9(3)11(6,8-2)10(4)5/h10H,7-8H2,1-6H3. The highest BCUT2D eigenvalue weighted by Gasteiger charge is 2.33. The summed E-state index contributed by atoms with van der Waals surface area (Å²) in [5.41, 5.74) is 0. The van der Waals surface area contributed by atoms with Gasteiger partial charge in [0.2, 0.25) is 0 Å². The highest BCUT2D eigenvalue weighted by Crippen LogP contribution is 2.16. The molecule has 0 amide bonds. The third-order valence-corrected chi connectivity index (χ3v) is 19.3. The van der Waals surface area contributed by atoms with E-state index in [9.17, 15) is 0 Å². The third kappa shape index (κ3) is 2.42. The molecule has 0 heterocycles. The predicted molar refractivity (Wildman–Crippen MR) is 59.3 cm³/mol. The Bertz CT molecular complexity index is 117. The van der Waals surface area contributed by atoms with Crippen LogP contribution in [-0.4, -0.2) is 34.2 Å². The van der Waals surface area contributed by atoms with Gasteiger partial charge in [0.25, 0.3) is 0 Å². The summed E-state index contributed by atoms with van der Waals surface area (Å²) < 4.78 is 2.64. The van der Waals surface area contributed by atoms with E-state index in [4.69, 9.17) is 0 Å². The van der Waals surface area contributed by atoms with Gasteiger partial charge in [-0.1, -0.05) is 33.5 Å². The summed E-state index contributed by atoms with van der Waals surface area (Å²) in [6, 6.07) is 1.43. The van der Waals surface area contributed by atoms with Gasteiger partial charge in [-0.15, -0.1) is 0 Å². The van der Waals surface area contributed by atoms with Crippen molar-refractivity contribution in [2.75, 3.05) is 13.6 Å². The lowest BCUT2D eigenvalue weighted by molar-refractivity contribution is 0.543. The highest BCUT2D eigenvalue weighted by atomic mass is 29.2. The maximum Gasteiger partial charge on any atom is 0.110 e. The molecule has 3 heteroatoms. The molecule has 68 valence electrons. The van der Waals surface area contributed by atoms with Crippen LogP contribution in [0.15, 0.2) is 0 Å². The second-order valence-electron chi connectivity index (χ2n) is 3.88. The normalized spacial score (nSPS) is 17.5. The van der Waals surface area contributed by atoms with Crippen LogP contribution in [0.3, 0.4) is 0 Å². The first-order valence-corrected chi connectivity index (χ1v) is 11.5. The molecule has 0 saturated carbocycles. The molecule has 0 aromatic carbocycles. The van der Waals surface area contributed by atoms with Gasteiger partial charge in [0.05, 0.1) is 0 Å². The summed E-state index contributed by atoms with van der Waals surface area (Å²) in [7, 11) is 0.965. The van der Waals surface area contributed by atoms with E-state index in [1.165, 1.54) is 12.6 Å². The fraction of sp³-hybridized carbons (Fsp3) is 1.00. The van der Waals surface area contributed by atoms with Crippen molar-refractivity contribution in [2.24, 2.45) is 0 Å². The van der Waals surface area contributed by atoms with Crippen molar-refractivity contribution in [1.29, 1.82) is 0 Å². The Morgan fingerprint density at radius 3 is 1.82 bits per heavy atom. The van der Waals surface area contributed by atoms with Gasteiger partial charge in [0, 0.05) is 8.31 Å². The van der Waals surface area contributed by atoms with E-state index in [0.29, 0.717) is 0 Å². The predicted octanol–water partition coefficient (Wildman–Crippen LogP) is 2.10. The monoisotopic (exact) mass is 189 g/mol. The number of hydrogen-bond donors (Lipinski definition) is 0. The average Bonchev–Trinajstić information content (AvgIpc) is 2.01. The van der Waals surface area contributed by atoms with E-state index >= 15 is 0 Å². The van der Waals surface area contributed by atoms with Crippen molar-refractivity contribution in [3.63, 3.8) is 0 Å². The maximum atomic E-state index is 2.64. The van der Waals surface area contributed by atoms with Gasteiger partial charge >= 0.3 is 0 Å². The van der Waals surface area contributed by atoms with E-state index in [0.717, 1.165) is 0 Å². The Kier molecular flexibility index (Phi) is 4.59. The van der Waals surface area contributed by atoms with Crippen molar-refractivity contribution < 1.29 is 0 Å². The topological polar surface area (TPSA) is 3.24 Å². The zero-order valence-corrected chi connectivity index (χ0v) is 11.1. The van der Waals surface area contributed by atoms with Gasteiger partial charge in [-0.2, -0.15) is 0 Å². The lowest BCUT2D eigenvalue weighted by atomic mass is 10.8. The molecule has 0 rings (SSSR count). The first kappa shape index (κ1) is 11.4.